The Bertz CT molecular complexity index is 1130. The fourth-order valence-corrected chi connectivity index (χ4v) is 5.62. The van der Waals surface area contributed by atoms with E-state index in [2.05, 4.69) is 10.0 Å². The van der Waals surface area contributed by atoms with Gasteiger partial charge in [0.05, 0.1) is 9.79 Å². The quantitative estimate of drug-likeness (QED) is 0.553. The number of amides is 1. The van der Waals surface area contributed by atoms with Crippen LogP contribution in [-0.2, 0) is 24.8 Å². The number of aryl methyl sites for hydroxylation is 1. The number of nitrogens with one attached hydrogen (secondary N) is 2. The number of hydrogen-bond donors (Lipinski definition) is 2. The zero-order valence-electron chi connectivity index (χ0n) is 17.6. The van der Waals surface area contributed by atoms with Crippen molar-refractivity contribution < 1.29 is 26.0 Å². The van der Waals surface area contributed by atoms with E-state index >= 15 is 0 Å². The molecule has 0 radical (unpaired) electrons. The third-order valence-corrected chi connectivity index (χ3v) is 8.23. The van der Waals surface area contributed by atoms with Gasteiger partial charge >= 0.3 is 0 Å². The van der Waals surface area contributed by atoms with E-state index in [1.165, 1.54) is 10.4 Å². The van der Waals surface area contributed by atoms with Crippen molar-refractivity contribution in [2.24, 2.45) is 0 Å². The summed E-state index contributed by atoms with van der Waals surface area (Å²) < 4.78 is 66.5. The summed E-state index contributed by atoms with van der Waals surface area (Å²) in [4.78, 5) is 12.2. The van der Waals surface area contributed by atoms with Crippen LogP contribution in [0.1, 0.15) is 25.8 Å². The van der Waals surface area contributed by atoms with Crippen molar-refractivity contribution in [1.29, 1.82) is 0 Å². The predicted octanol–water partition coefficient (Wildman–Crippen LogP) is 2.47. The highest BCUT2D eigenvalue weighted by Crippen LogP contribution is 2.23. The average molecular weight is 472 g/mol. The zero-order valence-corrected chi connectivity index (χ0v) is 19.2. The van der Waals surface area contributed by atoms with Crippen LogP contribution in [0.25, 0.3) is 0 Å². The molecule has 0 heterocycles. The second-order valence-corrected chi connectivity index (χ2v) is 10.4. The Balaban J connectivity index is 2.04. The number of anilines is 1. The maximum Gasteiger partial charge on any atom is 0.243 e. The summed E-state index contributed by atoms with van der Waals surface area (Å²) >= 11 is 0. The van der Waals surface area contributed by atoms with Crippen LogP contribution in [0.5, 0.6) is 0 Å². The Morgan fingerprint density at radius 2 is 1.61 bits per heavy atom. The summed E-state index contributed by atoms with van der Waals surface area (Å²) in [6, 6.07) is 8.89. The topological polar surface area (TPSA) is 113 Å². The monoisotopic (exact) mass is 471 g/mol. The lowest BCUT2D eigenvalue weighted by molar-refractivity contribution is -0.116. The molecule has 170 valence electrons. The first kappa shape index (κ1) is 24.9. The Morgan fingerprint density at radius 1 is 1.00 bits per heavy atom. The molecule has 0 aliphatic heterocycles. The lowest BCUT2D eigenvalue weighted by Gasteiger charge is -2.20. The van der Waals surface area contributed by atoms with E-state index in [0.717, 1.165) is 24.3 Å². The van der Waals surface area contributed by atoms with E-state index in [4.69, 9.17) is 0 Å². The lowest BCUT2D eigenvalue weighted by atomic mass is 10.2. The minimum Gasteiger partial charge on any atom is -0.326 e. The molecule has 1 amide bonds. The first-order chi connectivity index (χ1) is 14.5. The zero-order chi connectivity index (χ0) is 23.2. The van der Waals surface area contributed by atoms with Crippen molar-refractivity contribution in [1.82, 2.24) is 9.03 Å². The summed E-state index contributed by atoms with van der Waals surface area (Å²) in [5.41, 5.74) is 0.847. The molecule has 2 aromatic rings. The summed E-state index contributed by atoms with van der Waals surface area (Å²) in [7, 11) is -7.57. The molecule has 11 heteroatoms. The van der Waals surface area contributed by atoms with E-state index in [9.17, 15) is 26.0 Å². The summed E-state index contributed by atoms with van der Waals surface area (Å²) in [5.74, 6) is -1.05. The van der Waals surface area contributed by atoms with Crippen molar-refractivity contribution >= 4 is 31.6 Å². The molecule has 0 bridgehead atoms. The molecular formula is C20H26FN3O5S2. The molecule has 2 aromatic carbocycles. The number of carbonyl (C=O) groups excluding carboxylic acids is 1. The van der Waals surface area contributed by atoms with Gasteiger partial charge in [-0.1, -0.05) is 19.9 Å². The molecule has 0 spiro atoms. The van der Waals surface area contributed by atoms with Crippen LogP contribution in [-0.4, -0.2) is 46.7 Å². The molecule has 0 atom stereocenters. The van der Waals surface area contributed by atoms with E-state index in [1.807, 2.05) is 0 Å². The minimum absolute atomic E-state index is 0.103. The molecule has 31 heavy (non-hydrogen) atoms. The van der Waals surface area contributed by atoms with Gasteiger partial charge in [-0.15, -0.1) is 0 Å². The van der Waals surface area contributed by atoms with Gasteiger partial charge in [0.1, 0.15) is 5.82 Å². The highest BCUT2D eigenvalue weighted by Gasteiger charge is 2.24. The fraction of sp³-hybridized carbons (Fsp3) is 0.350. The molecule has 2 N–H and O–H groups in total. The SMILES string of the molecule is CCN(CC)S(=O)(=O)c1cc(NC(=O)CCNS(=O)(=O)c2ccc(F)cc2)ccc1C. The fourth-order valence-electron chi connectivity index (χ4n) is 2.88. The standard InChI is InChI=1S/C20H26FN3O5S2/c1-4-24(5-2)31(28,29)19-14-17(9-6-15(19)3)23-20(25)12-13-22-30(26,27)18-10-7-16(21)8-11-18/h6-11,14,22H,4-5,12-13H2,1-3H3,(H,23,25). The maximum absolute atomic E-state index is 12.9. The van der Waals surface area contributed by atoms with E-state index < -0.39 is 31.8 Å². The van der Waals surface area contributed by atoms with Gasteiger partial charge in [0.15, 0.2) is 0 Å². The number of halogens is 1. The first-order valence-corrected chi connectivity index (χ1v) is 12.6. The van der Waals surface area contributed by atoms with Gasteiger partial charge in [0.25, 0.3) is 0 Å². The van der Waals surface area contributed by atoms with Crippen LogP contribution >= 0.6 is 0 Å². The highest BCUT2D eigenvalue weighted by molar-refractivity contribution is 7.89. The molecule has 0 saturated heterocycles. The molecule has 0 aliphatic rings. The Morgan fingerprint density at radius 3 is 2.19 bits per heavy atom. The van der Waals surface area contributed by atoms with Crippen LogP contribution in [0, 0.1) is 12.7 Å². The number of sulfonamides is 2. The molecule has 0 saturated carbocycles. The van der Waals surface area contributed by atoms with Gasteiger partial charge in [0, 0.05) is 31.7 Å². The van der Waals surface area contributed by atoms with Crippen molar-refractivity contribution in [3.63, 3.8) is 0 Å². The van der Waals surface area contributed by atoms with Crippen LogP contribution < -0.4 is 10.0 Å². The number of nitrogens with zero attached hydrogens (tertiary/aromatic N) is 1. The van der Waals surface area contributed by atoms with Crippen molar-refractivity contribution in [2.45, 2.75) is 37.0 Å². The van der Waals surface area contributed by atoms with E-state index in [-0.39, 0.29) is 22.8 Å². The number of rotatable bonds is 10. The third kappa shape index (κ3) is 6.33. The van der Waals surface area contributed by atoms with Crippen LogP contribution in [0.15, 0.2) is 52.3 Å². The summed E-state index contributed by atoms with van der Waals surface area (Å²) in [6.07, 6.45) is -0.174. The number of carbonyl (C=O) groups is 1. The van der Waals surface area contributed by atoms with E-state index in [0.29, 0.717) is 24.3 Å². The minimum atomic E-state index is -3.87. The number of hydrogen-bond acceptors (Lipinski definition) is 5. The van der Waals surface area contributed by atoms with Gasteiger partial charge in [-0.25, -0.2) is 25.9 Å². The molecule has 2 rings (SSSR count). The lowest BCUT2D eigenvalue weighted by Crippen LogP contribution is -2.31. The largest absolute Gasteiger partial charge is 0.326 e. The van der Waals surface area contributed by atoms with Crippen molar-refractivity contribution in [3.8, 4) is 0 Å². The first-order valence-electron chi connectivity index (χ1n) is 9.67. The van der Waals surface area contributed by atoms with Crippen LogP contribution in [0.4, 0.5) is 10.1 Å². The van der Waals surface area contributed by atoms with Gasteiger partial charge in [-0.2, -0.15) is 4.31 Å². The Labute approximate surface area is 182 Å². The van der Waals surface area contributed by atoms with Gasteiger partial charge in [-0.05, 0) is 48.9 Å². The molecule has 0 aliphatic carbocycles. The summed E-state index contributed by atoms with van der Waals surface area (Å²) in [5, 5.41) is 2.58. The molecular weight excluding hydrogens is 445 g/mol. The maximum atomic E-state index is 12.9. The highest BCUT2D eigenvalue weighted by atomic mass is 32.2. The smallest absolute Gasteiger partial charge is 0.243 e. The van der Waals surface area contributed by atoms with Crippen molar-refractivity contribution in [3.05, 3.63) is 53.8 Å². The van der Waals surface area contributed by atoms with Gasteiger partial charge in [0.2, 0.25) is 26.0 Å². The average Bonchev–Trinajstić information content (AvgIpc) is 2.70. The Kier molecular flexibility index (Phi) is 8.29. The second kappa shape index (κ2) is 10.3. The normalized spacial score (nSPS) is 12.2. The molecule has 0 aromatic heterocycles. The summed E-state index contributed by atoms with van der Waals surface area (Å²) in [6.45, 7) is 5.63. The van der Waals surface area contributed by atoms with Crippen molar-refractivity contribution in [2.75, 3.05) is 25.0 Å². The number of benzene rings is 2. The van der Waals surface area contributed by atoms with Crippen LogP contribution in [0.2, 0.25) is 0 Å². The molecule has 0 fully saturated rings. The van der Waals surface area contributed by atoms with Gasteiger partial charge in [-0.3, -0.25) is 4.79 Å². The Hall–Kier alpha value is -2.34. The third-order valence-electron chi connectivity index (χ3n) is 4.56. The molecule has 0 unspecified atom stereocenters. The van der Waals surface area contributed by atoms with Crippen LogP contribution in [0.3, 0.4) is 0 Å². The second-order valence-electron chi connectivity index (χ2n) is 6.72. The molecule has 8 nitrogen and oxygen atoms in total. The van der Waals surface area contributed by atoms with E-state index in [1.54, 1.807) is 32.9 Å². The van der Waals surface area contributed by atoms with Gasteiger partial charge < -0.3 is 5.32 Å². The predicted molar refractivity (Wildman–Crippen MR) is 116 cm³/mol.